The lowest BCUT2D eigenvalue weighted by Crippen LogP contribution is -2.32. The van der Waals surface area contributed by atoms with Gasteiger partial charge in [0, 0.05) is 11.5 Å². The largest absolute Gasteiger partial charge is 0.411 e. The molecule has 2 N–H and O–H groups in total. The van der Waals surface area contributed by atoms with Crippen LogP contribution in [0.3, 0.4) is 0 Å². The topological polar surface area (TPSA) is 44.6 Å². The Labute approximate surface area is 98.1 Å². The second-order valence-corrected chi connectivity index (χ2v) is 4.13. The van der Waals surface area contributed by atoms with Crippen LogP contribution in [0.1, 0.15) is 18.4 Å². The molecule has 0 radical (unpaired) electrons. The summed E-state index contributed by atoms with van der Waals surface area (Å²) in [5, 5.41) is 15.4. The fraction of sp³-hybridized carbons (Fsp3) is 0.417. The van der Waals surface area contributed by atoms with Crippen molar-refractivity contribution in [3.8, 4) is 0 Å². The third-order valence-electron chi connectivity index (χ3n) is 3.04. The number of hydrogen-bond acceptors (Lipinski definition) is 3. The standard InChI is InChI=1S/C12H14F2N2O/c13-9-1-2-11(14)10(7-9)12(16-17)8-3-5-15-6-4-8/h1-2,7-8,15,17H,3-6H2/b16-12-. The SMILES string of the molecule is O/N=C(\c1cc(F)ccc1F)C1CCNCC1. The van der Waals surface area contributed by atoms with Crippen LogP contribution >= 0.6 is 0 Å². The highest BCUT2D eigenvalue weighted by molar-refractivity contribution is 6.02. The Morgan fingerprint density at radius 1 is 1.29 bits per heavy atom. The molecule has 2 rings (SSSR count). The van der Waals surface area contributed by atoms with Crippen molar-refractivity contribution in [2.24, 2.45) is 11.1 Å². The summed E-state index contributed by atoms with van der Waals surface area (Å²) >= 11 is 0. The molecule has 3 nitrogen and oxygen atoms in total. The van der Waals surface area contributed by atoms with Crippen LogP contribution in [0.2, 0.25) is 0 Å². The zero-order valence-electron chi connectivity index (χ0n) is 9.29. The van der Waals surface area contributed by atoms with Crippen LogP contribution in [0.15, 0.2) is 23.4 Å². The van der Waals surface area contributed by atoms with E-state index in [1.807, 2.05) is 0 Å². The highest BCUT2D eigenvalue weighted by Crippen LogP contribution is 2.21. The van der Waals surface area contributed by atoms with Crippen LogP contribution in [0.4, 0.5) is 8.78 Å². The fourth-order valence-electron chi connectivity index (χ4n) is 2.14. The first kappa shape index (κ1) is 12.0. The molecule has 0 atom stereocenters. The van der Waals surface area contributed by atoms with Crippen LogP contribution in [-0.4, -0.2) is 24.0 Å². The summed E-state index contributed by atoms with van der Waals surface area (Å²) in [6.45, 7) is 1.58. The van der Waals surface area contributed by atoms with Gasteiger partial charge in [-0.15, -0.1) is 0 Å². The summed E-state index contributed by atoms with van der Waals surface area (Å²) in [5.74, 6) is -1.12. The molecule has 1 aliphatic rings. The smallest absolute Gasteiger partial charge is 0.132 e. The van der Waals surface area contributed by atoms with E-state index in [-0.39, 0.29) is 17.2 Å². The number of piperidine rings is 1. The van der Waals surface area contributed by atoms with Gasteiger partial charge in [-0.1, -0.05) is 5.16 Å². The monoisotopic (exact) mass is 240 g/mol. The molecule has 5 heteroatoms. The summed E-state index contributed by atoms with van der Waals surface area (Å²) < 4.78 is 26.7. The summed E-state index contributed by atoms with van der Waals surface area (Å²) in [6, 6.07) is 3.18. The van der Waals surface area contributed by atoms with Crippen LogP contribution in [0.25, 0.3) is 0 Å². The van der Waals surface area contributed by atoms with Gasteiger partial charge in [-0.25, -0.2) is 8.78 Å². The van der Waals surface area contributed by atoms with E-state index in [1.165, 1.54) is 0 Å². The molecule has 1 aromatic carbocycles. The molecular weight excluding hydrogens is 226 g/mol. The molecule has 92 valence electrons. The molecule has 0 unspecified atom stereocenters. The van der Waals surface area contributed by atoms with Crippen molar-refractivity contribution < 1.29 is 14.0 Å². The number of hydrogen-bond donors (Lipinski definition) is 2. The van der Waals surface area contributed by atoms with Crippen molar-refractivity contribution in [2.45, 2.75) is 12.8 Å². The minimum absolute atomic E-state index is 0.0300. The van der Waals surface area contributed by atoms with Gasteiger partial charge in [0.1, 0.15) is 11.6 Å². The predicted molar refractivity (Wildman–Crippen MR) is 60.3 cm³/mol. The first-order valence-electron chi connectivity index (χ1n) is 5.60. The van der Waals surface area contributed by atoms with Gasteiger partial charge < -0.3 is 10.5 Å². The highest BCUT2D eigenvalue weighted by Gasteiger charge is 2.23. The molecular formula is C12H14F2N2O. The predicted octanol–water partition coefficient (Wildman–Crippen LogP) is 2.14. The maximum absolute atomic E-state index is 13.6. The Hall–Kier alpha value is -1.49. The lowest BCUT2D eigenvalue weighted by atomic mass is 9.88. The van der Waals surface area contributed by atoms with Gasteiger partial charge in [0.15, 0.2) is 0 Å². The van der Waals surface area contributed by atoms with Gasteiger partial charge in [-0.3, -0.25) is 0 Å². The average molecular weight is 240 g/mol. The van der Waals surface area contributed by atoms with E-state index < -0.39 is 11.6 Å². The average Bonchev–Trinajstić information content (AvgIpc) is 2.36. The van der Waals surface area contributed by atoms with Gasteiger partial charge in [0.05, 0.1) is 5.71 Å². The normalized spacial score (nSPS) is 18.4. The minimum Gasteiger partial charge on any atom is -0.411 e. The van der Waals surface area contributed by atoms with Gasteiger partial charge in [0.25, 0.3) is 0 Å². The zero-order chi connectivity index (χ0) is 12.3. The number of halogens is 2. The van der Waals surface area contributed by atoms with Gasteiger partial charge >= 0.3 is 0 Å². The number of nitrogens with one attached hydrogen (secondary N) is 1. The summed E-state index contributed by atoms with van der Waals surface area (Å²) in [6.07, 6.45) is 1.52. The quantitative estimate of drug-likeness (QED) is 0.472. The van der Waals surface area contributed by atoms with E-state index in [0.717, 1.165) is 44.1 Å². The second kappa shape index (κ2) is 5.23. The molecule has 1 heterocycles. The first-order chi connectivity index (χ1) is 8.22. The van der Waals surface area contributed by atoms with Gasteiger partial charge in [0.2, 0.25) is 0 Å². The Kier molecular flexibility index (Phi) is 3.68. The van der Waals surface area contributed by atoms with Crippen molar-refractivity contribution in [1.82, 2.24) is 5.32 Å². The van der Waals surface area contributed by atoms with Crippen molar-refractivity contribution in [3.05, 3.63) is 35.4 Å². The lowest BCUT2D eigenvalue weighted by molar-refractivity contribution is 0.311. The Morgan fingerprint density at radius 2 is 2.00 bits per heavy atom. The second-order valence-electron chi connectivity index (χ2n) is 4.13. The van der Waals surface area contributed by atoms with E-state index in [1.54, 1.807) is 0 Å². The molecule has 17 heavy (non-hydrogen) atoms. The molecule has 1 saturated heterocycles. The van der Waals surface area contributed by atoms with E-state index in [9.17, 15) is 8.78 Å². The maximum Gasteiger partial charge on any atom is 0.132 e. The van der Waals surface area contributed by atoms with Crippen LogP contribution in [-0.2, 0) is 0 Å². The molecule has 1 aliphatic heterocycles. The molecule has 0 spiro atoms. The van der Waals surface area contributed by atoms with E-state index >= 15 is 0 Å². The molecule has 0 saturated carbocycles. The van der Waals surface area contributed by atoms with Gasteiger partial charge in [-0.05, 0) is 44.1 Å². The van der Waals surface area contributed by atoms with E-state index in [4.69, 9.17) is 5.21 Å². The molecule has 1 aromatic rings. The number of oxime groups is 1. The molecule has 1 fully saturated rings. The molecule has 0 aromatic heterocycles. The van der Waals surface area contributed by atoms with Gasteiger partial charge in [-0.2, -0.15) is 0 Å². The van der Waals surface area contributed by atoms with E-state index in [0.29, 0.717) is 0 Å². The fourth-order valence-corrected chi connectivity index (χ4v) is 2.14. The third kappa shape index (κ3) is 2.61. The summed E-state index contributed by atoms with van der Waals surface area (Å²) in [5.41, 5.74) is 0.294. The van der Waals surface area contributed by atoms with Crippen LogP contribution in [0, 0.1) is 17.6 Å². The lowest BCUT2D eigenvalue weighted by Gasteiger charge is -2.23. The minimum atomic E-state index is -0.558. The Balaban J connectivity index is 2.31. The number of benzene rings is 1. The molecule has 0 amide bonds. The third-order valence-corrected chi connectivity index (χ3v) is 3.04. The molecule has 0 bridgehead atoms. The van der Waals surface area contributed by atoms with Crippen LogP contribution < -0.4 is 5.32 Å². The summed E-state index contributed by atoms with van der Waals surface area (Å²) in [4.78, 5) is 0. The van der Waals surface area contributed by atoms with Crippen molar-refractivity contribution in [1.29, 1.82) is 0 Å². The highest BCUT2D eigenvalue weighted by atomic mass is 19.1. The summed E-state index contributed by atoms with van der Waals surface area (Å²) in [7, 11) is 0. The van der Waals surface area contributed by atoms with E-state index in [2.05, 4.69) is 10.5 Å². The van der Waals surface area contributed by atoms with Crippen molar-refractivity contribution in [3.63, 3.8) is 0 Å². The first-order valence-corrected chi connectivity index (χ1v) is 5.60. The molecule has 0 aliphatic carbocycles. The van der Waals surface area contributed by atoms with Crippen LogP contribution in [0.5, 0.6) is 0 Å². The van der Waals surface area contributed by atoms with Crippen molar-refractivity contribution in [2.75, 3.05) is 13.1 Å². The number of rotatable bonds is 2. The Morgan fingerprint density at radius 3 is 2.65 bits per heavy atom. The van der Waals surface area contributed by atoms with Crippen molar-refractivity contribution >= 4 is 5.71 Å². The maximum atomic E-state index is 13.6. The Bertz CT molecular complexity index is 429. The zero-order valence-corrected chi connectivity index (χ0v) is 9.29. The number of nitrogens with zero attached hydrogens (tertiary/aromatic N) is 1.